The van der Waals surface area contributed by atoms with Crippen molar-refractivity contribution >= 4 is 23.9 Å². The first-order chi connectivity index (χ1) is 20.4. The molecule has 6 rings (SSSR count). The van der Waals surface area contributed by atoms with Gasteiger partial charge in [0.05, 0.1) is 17.5 Å². The number of hydroxylamine groups is 2. The van der Waals surface area contributed by atoms with Gasteiger partial charge in [-0.3, -0.25) is 9.59 Å². The SMILES string of the molecule is O=C(CCN(Cc1ccc(F)cc1)C(=O)OCC1c2ccccc2-c2ccccc21)ON1C(=O)c2ccccc2C1=O. The molecule has 1 heterocycles. The third-order valence-electron chi connectivity index (χ3n) is 7.42. The summed E-state index contributed by atoms with van der Waals surface area (Å²) in [5, 5.41) is 0.435. The van der Waals surface area contributed by atoms with Crippen molar-refractivity contribution in [2.75, 3.05) is 13.2 Å². The van der Waals surface area contributed by atoms with E-state index in [1.54, 1.807) is 12.1 Å². The lowest BCUT2D eigenvalue weighted by Gasteiger charge is -2.24. The topological polar surface area (TPSA) is 93.2 Å². The number of amides is 3. The van der Waals surface area contributed by atoms with E-state index in [4.69, 9.17) is 9.57 Å². The van der Waals surface area contributed by atoms with E-state index < -0.39 is 29.7 Å². The number of benzene rings is 4. The lowest BCUT2D eigenvalue weighted by Crippen LogP contribution is -2.36. The zero-order valence-corrected chi connectivity index (χ0v) is 22.4. The molecule has 9 heteroatoms. The third kappa shape index (κ3) is 5.12. The summed E-state index contributed by atoms with van der Waals surface area (Å²) >= 11 is 0. The van der Waals surface area contributed by atoms with Gasteiger partial charge in [0, 0.05) is 19.0 Å². The monoisotopic (exact) mass is 564 g/mol. The van der Waals surface area contributed by atoms with Crippen LogP contribution >= 0.6 is 0 Å². The fourth-order valence-corrected chi connectivity index (χ4v) is 5.35. The van der Waals surface area contributed by atoms with Gasteiger partial charge in [-0.25, -0.2) is 14.0 Å². The van der Waals surface area contributed by atoms with E-state index in [0.29, 0.717) is 10.6 Å². The van der Waals surface area contributed by atoms with E-state index in [0.717, 1.165) is 22.3 Å². The molecule has 0 spiro atoms. The molecule has 42 heavy (non-hydrogen) atoms. The maximum absolute atomic E-state index is 13.5. The number of fused-ring (bicyclic) bond motifs is 4. The van der Waals surface area contributed by atoms with Crippen LogP contribution in [-0.2, 0) is 20.9 Å². The number of carbonyl (C=O) groups is 4. The summed E-state index contributed by atoms with van der Waals surface area (Å²) in [4.78, 5) is 57.6. The molecular formula is C33H25FN2O6. The van der Waals surface area contributed by atoms with E-state index >= 15 is 0 Å². The number of ether oxygens (including phenoxy) is 1. The van der Waals surface area contributed by atoms with Crippen LogP contribution in [0.5, 0.6) is 0 Å². The fraction of sp³-hybridized carbons (Fsp3) is 0.152. The molecule has 0 atom stereocenters. The first-order valence-corrected chi connectivity index (χ1v) is 13.4. The highest BCUT2D eigenvalue weighted by Gasteiger charge is 2.38. The van der Waals surface area contributed by atoms with Crippen LogP contribution in [0, 0.1) is 5.82 Å². The summed E-state index contributed by atoms with van der Waals surface area (Å²) in [5.74, 6) is -2.92. The quantitative estimate of drug-likeness (QED) is 0.254. The molecule has 0 bridgehead atoms. The lowest BCUT2D eigenvalue weighted by molar-refractivity contribution is -0.168. The molecule has 0 fully saturated rings. The molecule has 1 aliphatic heterocycles. The number of hydrogen-bond donors (Lipinski definition) is 0. The molecule has 3 amide bonds. The Morgan fingerprint density at radius 3 is 1.83 bits per heavy atom. The maximum atomic E-state index is 13.5. The second-order valence-corrected chi connectivity index (χ2v) is 10.0. The van der Waals surface area contributed by atoms with Gasteiger partial charge in [-0.15, -0.1) is 0 Å². The number of hydrogen-bond acceptors (Lipinski definition) is 6. The summed E-state index contributed by atoms with van der Waals surface area (Å²) in [5.41, 5.74) is 5.21. The Morgan fingerprint density at radius 1 is 0.738 bits per heavy atom. The van der Waals surface area contributed by atoms with Crippen molar-refractivity contribution in [3.8, 4) is 11.1 Å². The van der Waals surface area contributed by atoms with E-state index in [1.165, 1.54) is 41.3 Å². The van der Waals surface area contributed by atoms with Crippen molar-refractivity contribution in [3.05, 3.63) is 131 Å². The molecule has 2 aliphatic rings. The van der Waals surface area contributed by atoms with E-state index in [9.17, 15) is 23.6 Å². The Hall–Kier alpha value is -5.31. The summed E-state index contributed by atoms with van der Waals surface area (Å²) in [6.45, 7) is -0.0143. The standard InChI is InChI=1S/C33H25FN2O6/c34-22-15-13-21(14-16-22)19-35(18-17-30(37)42-36-31(38)27-11-5-6-12-28(27)32(36)39)33(40)41-20-29-25-9-3-1-7-23(25)24-8-2-4-10-26(24)29/h1-16,29H,17-20H2. The van der Waals surface area contributed by atoms with E-state index in [1.807, 2.05) is 48.5 Å². The first kappa shape index (κ1) is 26.9. The van der Waals surface area contributed by atoms with Gasteiger partial charge in [-0.05, 0) is 52.1 Å². The van der Waals surface area contributed by atoms with Crippen LogP contribution in [0.2, 0.25) is 0 Å². The fourth-order valence-electron chi connectivity index (χ4n) is 5.35. The zero-order chi connectivity index (χ0) is 29.2. The molecule has 0 radical (unpaired) electrons. The van der Waals surface area contributed by atoms with Crippen molar-refractivity contribution in [2.45, 2.75) is 18.9 Å². The largest absolute Gasteiger partial charge is 0.448 e. The first-order valence-electron chi connectivity index (χ1n) is 13.4. The molecule has 4 aromatic carbocycles. The van der Waals surface area contributed by atoms with Crippen LogP contribution in [0.1, 0.15) is 49.7 Å². The average Bonchev–Trinajstić information content (AvgIpc) is 3.46. The Morgan fingerprint density at radius 2 is 1.26 bits per heavy atom. The van der Waals surface area contributed by atoms with Crippen molar-refractivity contribution in [1.29, 1.82) is 0 Å². The van der Waals surface area contributed by atoms with Gasteiger partial charge in [0.25, 0.3) is 11.8 Å². The molecule has 1 aliphatic carbocycles. The molecular weight excluding hydrogens is 539 g/mol. The van der Waals surface area contributed by atoms with Crippen LogP contribution in [0.4, 0.5) is 9.18 Å². The summed E-state index contributed by atoms with van der Waals surface area (Å²) in [7, 11) is 0. The van der Waals surface area contributed by atoms with Gasteiger partial charge in [-0.2, -0.15) is 0 Å². The predicted octanol–water partition coefficient (Wildman–Crippen LogP) is 5.72. The number of rotatable bonds is 8. The van der Waals surface area contributed by atoms with Crippen LogP contribution < -0.4 is 0 Å². The predicted molar refractivity (Wildman–Crippen MR) is 150 cm³/mol. The van der Waals surface area contributed by atoms with Crippen LogP contribution in [0.25, 0.3) is 11.1 Å². The molecule has 0 saturated heterocycles. The molecule has 0 aromatic heterocycles. The van der Waals surface area contributed by atoms with Crippen LogP contribution in [0.15, 0.2) is 97.1 Å². The van der Waals surface area contributed by atoms with E-state index in [2.05, 4.69) is 0 Å². The minimum atomic E-state index is -0.875. The number of imide groups is 1. The zero-order valence-electron chi connectivity index (χ0n) is 22.4. The Bertz CT molecular complexity index is 1620. The number of carbonyl (C=O) groups excluding carboxylic acids is 4. The van der Waals surface area contributed by atoms with Gasteiger partial charge in [0.1, 0.15) is 12.4 Å². The Labute approximate surface area is 240 Å². The van der Waals surface area contributed by atoms with Gasteiger partial charge in [-0.1, -0.05) is 77.9 Å². The normalized spacial score (nSPS) is 13.4. The summed E-state index contributed by atoms with van der Waals surface area (Å²) in [6.07, 6.45) is -0.992. The highest BCUT2D eigenvalue weighted by Crippen LogP contribution is 2.44. The maximum Gasteiger partial charge on any atom is 0.410 e. The molecule has 210 valence electrons. The number of nitrogens with zero attached hydrogens (tertiary/aromatic N) is 2. The van der Waals surface area contributed by atoms with Crippen LogP contribution in [0.3, 0.4) is 0 Å². The summed E-state index contributed by atoms with van der Waals surface area (Å²) < 4.78 is 19.3. The molecule has 8 nitrogen and oxygen atoms in total. The highest BCUT2D eigenvalue weighted by atomic mass is 19.1. The Kier molecular flexibility index (Phi) is 7.23. The highest BCUT2D eigenvalue weighted by molar-refractivity contribution is 6.20. The van der Waals surface area contributed by atoms with Gasteiger partial charge in [0.2, 0.25) is 0 Å². The molecule has 4 aromatic rings. The molecule has 0 N–H and O–H groups in total. The van der Waals surface area contributed by atoms with Crippen molar-refractivity contribution < 1.29 is 33.1 Å². The molecule has 0 unspecified atom stereocenters. The molecule has 0 saturated carbocycles. The minimum Gasteiger partial charge on any atom is -0.448 e. The van der Waals surface area contributed by atoms with Gasteiger partial charge < -0.3 is 14.5 Å². The second kappa shape index (κ2) is 11.3. The average molecular weight is 565 g/mol. The van der Waals surface area contributed by atoms with Crippen LogP contribution in [-0.4, -0.2) is 47.0 Å². The second-order valence-electron chi connectivity index (χ2n) is 10.0. The van der Waals surface area contributed by atoms with Crippen molar-refractivity contribution in [3.63, 3.8) is 0 Å². The van der Waals surface area contributed by atoms with Gasteiger partial charge >= 0.3 is 12.1 Å². The summed E-state index contributed by atoms with van der Waals surface area (Å²) in [6, 6.07) is 27.7. The Balaban J connectivity index is 1.14. The minimum absolute atomic E-state index is 0.0389. The lowest BCUT2D eigenvalue weighted by atomic mass is 9.98. The number of halogens is 1. The van der Waals surface area contributed by atoms with E-state index in [-0.39, 0.29) is 43.2 Å². The van der Waals surface area contributed by atoms with Crippen molar-refractivity contribution in [1.82, 2.24) is 9.96 Å². The van der Waals surface area contributed by atoms with Gasteiger partial charge in [0.15, 0.2) is 0 Å². The smallest absolute Gasteiger partial charge is 0.410 e. The third-order valence-corrected chi connectivity index (χ3v) is 7.42. The van der Waals surface area contributed by atoms with Crippen molar-refractivity contribution in [2.24, 2.45) is 0 Å².